The lowest BCUT2D eigenvalue weighted by Gasteiger charge is -2.60. The Morgan fingerprint density at radius 3 is 2.55 bits per heavy atom. The third-order valence-corrected chi connectivity index (χ3v) is 10.4. The molecule has 0 amide bonds. The van der Waals surface area contributed by atoms with Gasteiger partial charge in [0.25, 0.3) is 0 Å². The van der Waals surface area contributed by atoms with Gasteiger partial charge in [0, 0.05) is 25.2 Å². The average molecular weight is 433 g/mol. The van der Waals surface area contributed by atoms with E-state index in [-0.39, 0.29) is 35.2 Å². The fraction of sp³-hybridized carbons (Fsp3) is 0.885. The second-order valence-corrected chi connectivity index (χ2v) is 11.7. The van der Waals surface area contributed by atoms with Crippen molar-refractivity contribution >= 4 is 17.7 Å². The lowest BCUT2D eigenvalue weighted by atomic mass is 9.44. The largest absolute Gasteiger partial charge is 0.481 e. The first-order chi connectivity index (χ1) is 14.6. The predicted molar refractivity (Wildman–Crippen MR) is 117 cm³/mol. The quantitative estimate of drug-likeness (QED) is 0.600. The molecule has 0 heterocycles. The first-order valence-electron chi connectivity index (χ1n) is 12.5. The molecule has 4 aliphatic rings. The van der Waals surface area contributed by atoms with Gasteiger partial charge in [0.05, 0.1) is 0 Å². The van der Waals surface area contributed by atoms with Crippen LogP contribution in [0, 0.1) is 46.3 Å². The Bertz CT molecular complexity index is 746. The summed E-state index contributed by atoms with van der Waals surface area (Å²) in [7, 11) is 0. The lowest BCUT2D eigenvalue weighted by Crippen LogP contribution is -2.57. The molecule has 0 saturated heterocycles. The van der Waals surface area contributed by atoms with Gasteiger partial charge in [0.15, 0.2) is 0 Å². The van der Waals surface area contributed by atoms with Crippen LogP contribution in [0.4, 0.5) is 0 Å². The van der Waals surface area contributed by atoms with Crippen LogP contribution in [0.5, 0.6) is 0 Å². The number of carbonyl (C=O) groups excluding carboxylic acids is 2. The van der Waals surface area contributed by atoms with Gasteiger partial charge in [-0.1, -0.05) is 20.8 Å². The number of aliphatic carboxylic acids is 1. The Labute approximate surface area is 186 Å². The third-order valence-electron chi connectivity index (χ3n) is 10.4. The van der Waals surface area contributed by atoms with E-state index in [1.807, 2.05) is 0 Å². The van der Waals surface area contributed by atoms with Crippen molar-refractivity contribution in [1.29, 1.82) is 0 Å². The molecule has 0 aromatic heterocycles. The second kappa shape index (κ2) is 8.19. The van der Waals surface area contributed by atoms with Gasteiger partial charge in [0.2, 0.25) is 0 Å². The standard InChI is InChI=1S/C26H40O5/c1-15(5-10-24(29)30)20-8-9-21-19-7-6-17-13-18(31-16(2)27)11-12-25(17,3)22(19)14-23(28)26(20,21)4/h15,17-22H,5-14H2,1-4H3,(H,29,30)/t15-,17?,18-,19+,20-,21+,22+,25+,26-/m1/s1. The van der Waals surface area contributed by atoms with E-state index in [1.54, 1.807) is 0 Å². The van der Waals surface area contributed by atoms with Gasteiger partial charge in [-0.15, -0.1) is 0 Å². The summed E-state index contributed by atoms with van der Waals surface area (Å²) in [5.41, 5.74) is -0.110. The zero-order valence-electron chi connectivity index (χ0n) is 19.7. The Balaban J connectivity index is 1.52. The van der Waals surface area contributed by atoms with Crippen LogP contribution < -0.4 is 0 Å². The van der Waals surface area contributed by atoms with Crippen molar-refractivity contribution in [2.24, 2.45) is 46.3 Å². The molecule has 1 unspecified atom stereocenters. The van der Waals surface area contributed by atoms with Gasteiger partial charge in [-0.2, -0.15) is 0 Å². The molecule has 4 saturated carbocycles. The lowest BCUT2D eigenvalue weighted by molar-refractivity contribution is -0.167. The number of ether oxygens (including phenoxy) is 1. The highest BCUT2D eigenvalue weighted by Crippen LogP contribution is 2.67. The predicted octanol–water partition coefficient (Wildman–Crippen LogP) is 5.26. The molecule has 5 nitrogen and oxygen atoms in total. The summed E-state index contributed by atoms with van der Waals surface area (Å²) in [6.07, 6.45) is 9.04. The van der Waals surface area contributed by atoms with Crippen LogP contribution in [0.2, 0.25) is 0 Å². The minimum atomic E-state index is -0.739. The van der Waals surface area contributed by atoms with Crippen molar-refractivity contribution in [2.45, 2.75) is 98.0 Å². The van der Waals surface area contributed by atoms with Crippen LogP contribution in [-0.4, -0.2) is 28.9 Å². The van der Waals surface area contributed by atoms with E-state index in [1.165, 1.54) is 19.8 Å². The maximum absolute atomic E-state index is 13.7. The smallest absolute Gasteiger partial charge is 0.303 e. The third kappa shape index (κ3) is 3.74. The van der Waals surface area contributed by atoms with Gasteiger partial charge in [-0.25, -0.2) is 0 Å². The van der Waals surface area contributed by atoms with E-state index in [0.717, 1.165) is 32.1 Å². The summed E-state index contributed by atoms with van der Waals surface area (Å²) < 4.78 is 5.56. The Morgan fingerprint density at radius 2 is 1.87 bits per heavy atom. The number of carboxylic acids is 1. The highest BCUT2D eigenvalue weighted by molar-refractivity contribution is 5.87. The van der Waals surface area contributed by atoms with Crippen LogP contribution in [0.15, 0.2) is 0 Å². The molecule has 0 radical (unpaired) electrons. The molecule has 5 heteroatoms. The minimum absolute atomic E-state index is 0.0441. The minimum Gasteiger partial charge on any atom is -0.481 e. The summed E-state index contributed by atoms with van der Waals surface area (Å²) in [5.74, 6) is 2.14. The summed E-state index contributed by atoms with van der Waals surface area (Å²) in [6.45, 7) is 8.29. The molecule has 9 atom stereocenters. The van der Waals surface area contributed by atoms with E-state index in [0.29, 0.717) is 48.2 Å². The number of hydrogen-bond donors (Lipinski definition) is 1. The Hall–Kier alpha value is -1.39. The molecule has 0 aromatic rings. The fourth-order valence-electron chi connectivity index (χ4n) is 8.76. The average Bonchev–Trinajstić information content (AvgIpc) is 3.06. The zero-order valence-corrected chi connectivity index (χ0v) is 19.7. The van der Waals surface area contributed by atoms with Crippen LogP contribution in [0.25, 0.3) is 0 Å². The summed E-state index contributed by atoms with van der Waals surface area (Å²) >= 11 is 0. The number of hydrogen-bond acceptors (Lipinski definition) is 4. The normalized spacial score (nSPS) is 45.2. The molecule has 1 N–H and O–H groups in total. The van der Waals surface area contributed by atoms with E-state index in [9.17, 15) is 14.4 Å². The molecule has 0 aromatic carbocycles. The van der Waals surface area contributed by atoms with E-state index in [4.69, 9.17) is 9.84 Å². The van der Waals surface area contributed by atoms with Gasteiger partial charge < -0.3 is 9.84 Å². The molecule has 4 rings (SSSR count). The SMILES string of the molecule is CC(=O)O[C@@H]1CC[C@@]2(C)C(CC[C@H]3[C@@H]4CC[C@H]([C@H](C)CCC(=O)O)[C@@]4(C)C(=O)C[C@@H]32)C1. The Morgan fingerprint density at radius 1 is 1.13 bits per heavy atom. The van der Waals surface area contributed by atoms with Gasteiger partial charge in [0.1, 0.15) is 11.9 Å². The monoisotopic (exact) mass is 432 g/mol. The van der Waals surface area contributed by atoms with Crippen molar-refractivity contribution < 1.29 is 24.2 Å². The molecule has 4 fully saturated rings. The van der Waals surface area contributed by atoms with Crippen molar-refractivity contribution in [1.82, 2.24) is 0 Å². The number of ketones is 1. The van der Waals surface area contributed by atoms with Crippen LogP contribution in [-0.2, 0) is 19.1 Å². The first kappa shape index (κ1) is 22.8. The van der Waals surface area contributed by atoms with Crippen LogP contribution >= 0.6 is 0 Å². The summed E-state index contributed by atoms with van der Waals surface area (Å²) in [5, 5.41) is 9.12. The highest BCUT2D eigenvalue weighted by atomic mass is 16.5. The number of carboxylic acid groups (broad SMARTS) is 1. The van der Waals surface area contributed by atoms with Crippen molar-refractivity contribution in [3.63, 3.8) is 0 Å². The highest BCUT2D eigenvalue weighted by Gasteiger charge is 2.64. The molecule has 0 aliphatic heterocycles. The topological polar surface area (TPSA) is 80.7 Å². The van der Waals surface area contributed by atoms with E-state index < -0.39 is 5.97 Å². The van der Waals surface area contributed by atoms with E-state index >= 15 is 0 Å². The first-order valence-corrected chi connectivity index (χ1v) is 12.5. The molecule has 4 aliphatic carbocycles. The summed E-state index contributed by atoms with van der Waals surface area (Å²) in [4.78, 5) is 36.3. The van der Waals surface area contributed by atoms with Gasteiger partial charge in [-0.3, -0.25) is 14.4 Å². The summed E-state index contributed by atoms with van der Waals surface area (Å²) in [6, 6.07) is 0. The Kier molecular flexibility index (Phi) is 6.02. The van der Waals surface area contributed by atoms with E-state index in [2.05, 4.69) is 20.8 Å². The zero-order chi connectivity index (χ0) is 22.6. The molecule has 0 bridgehead atoms. The van der Waals surface area contributed by atoms with Gasteiger partial charge in [-0.05, 0) is 92.3 Å². The van der Waals surface area contributed by atoms with Crippen molar-refractivity contribution in [3.8, 4) is 0 Å². The maximum atomic E-state index is 13.7. The maximum Gasteiger partial charge on any atom is 0.303 e. The van der Waals surface area contributed by atoms with Crippen molar-refractivity contribution in [3.05, 3.63) is 0 Å². The van der Waals surface area contributed by atoms with Crippen LogP contribution in [0.3, 0.4) is 0 Å². The molecule has 174 valence electrons. The number of rotatable bonds is 5. The second-order valence-electron chi connectivity index (χ2n) is 11.7. The number of esters is 1. The molecular weight excluding hydrogens is 392 g/mol. The number of carbonyl (C=O) groups is 3. The number of Topliss-reactive ketones (excluding diaryl/α,β-unsaturated/α-hetero) is 1. The number of fused-ring (bicyclic) bond motifs is 5. The molecular formula is C26H40O5. The van der Waals surface area contributed by atoms with Crippen LogP contribution in [0.1, 0.15) is 91.9 Å². The molecule has 31 heavy (non-hydrogen) atoms. The van der Waals surface area contributed by atoms with Gasteiger partial charge >= 0.3 is 11.9 Å². The fourth-order valence-corrected chi connectivity index (χ4v) is 8.76. The molecule has 0 spiro atoms. The van der Waals surface area contributed by atoms with Crippen molar-refractivity contribution in [2.75, 3.05) is 0 Å².